The van der Waals surface area contributed by atoms with Gasteiger partial charge in [0.2, 0.25) is 11.5 Å². The van der Waals surface area contributed by atoms with Gasteiger partial charge in [-0.05, 0) is 18.2 Å². The zero-order chi connectivity index (χ0) is 17.9. The highest BCUT2D eigenvalue weighted by Crippen LogP contribution is 2.25. The van der Waals surface area contributed by atoms with E-state index in [0.29, 0.717) is 21.5 Å². The van der Waals surface area contributed by atoms with Gasteiger partial charge in [0.25, 0.3) is 0 Å². The van der Waals surface area contributed by atoms with E-state index >= 15 is 0 Å². The summed E-state index contributed by atoms with van der Waals surface area (Å²) in [6, 6.07) is 7.94. The van der Waals surface area contributed by atoms with Crippen LogP contribution in [0.15, 0.2) is 33.9 Å². The Labute approximate surface area is 149 Å². The molecule has 0 aliphatic heterocycles. The van der Waals surface area contributed by atoms with Crippen LogP contribution in [0, 0.1) is 11.3 Å². The second kappa shape index (κ2) is 7.04. The summed E-state index contributed by atoms with van der Waals surface area (Å²) in [6.07, 6.45) is 0. The predicted molar refractivity (Wildman–Crippen MR) is 92.7 cm³/mol. The number of hydrogen-bond donors (Lipinski definition) is 1. The van der Waals surface area contributed by atoms with Crippen LogP contribution in [-0.4, -0.2) is 16.7 Å². The Morgan fingerprint density at radius 1 is 1.33 bits per heavy atom. The van der Waals surface area contributed by atoms with Crippen LogP contribution in [-0.2, 0) is 5.41 Å². The maximum Gasteiger partial charge on any atom is 0.245 e. The van der Waals surface area contributed by atoms with Crippen molar-refractivity contribution in [3.8, 4) is 6.07 Å². The largest absolute Gasteiger partial charge is 0.360 e. The van der Waals surface area contributed by atoms with E-state index in [1.807, 2.05) is 20.8 Å². The molecule has 1 aromatic heterocycles. The zero-order valence-corrected chi connectivity index (χ0v) is 14.7. The number of nitriles is 1. The monoisotopic (exact) mass is 364 g/mol. The lowest BCUT2D eigenvalue weighted by molar-refractivity contribution is 0.105. The molecule has 0 atom stereocenters. The fourth-order valence-electron chi connectivity index (χ4n) is 1.68. The van der Waals surface area contributed by atoms with E-state index in [-0.39, 0.29) is 16.8 Å². The van der Waals surface area contributed by atoms with Crippen molar-refractivity contribution in [3.05, 3.63) is 45.8 Å². The third-order valence-electron chi connectivity index (χ3n) is 3.02. The fraction of sp³-hybridized carbons (Fsp3) is 0.250. The minimum atomic E-state index is -0.651. The smallest absolute Gasteiger partial charge is 0.245 e. The zero-order valence-electron chi connectivity index (χ0n) is 13.2. The van der Waals surface area contributed by atoms with Crippen LogP contribution in [0.25, 0.3) is 0 Å². The van der Waals surface area contributed by atoms with Crippen molar-refractivity contribution < 1.29 is 9.32 Å². The van der Waals surface area contributed by atoms with Crippen LogP contribution in [0.5, 0.6) is 0 Å². The summed E-state index contributed by atoms with van der Waals surface area (Å²) in [6.45, 7) is 5.76. The third-order valence-corrected chi connectivity index (χ3v) is 3.58. The van der Waals surface area contributed by atoms with Gasteiger partial charge in [0, 0.05) is 16.5 Å². The number of nitrogens with one attached hydrogen (secondary N) is 1. The maximum absolute atomic E-state index is 12.3. The van der Waals surface area contributed by atoms with Gasteiger partial charge in [-0.2, -0.15) is 10.4 Å². The number of hydrogen-bond acceptors (Lipinski definition) is 6. The number of hydrazone groups is 1. The second-order valence-electron chi connectivity index (χ2n) is 5.96. The number of ketones is 1. The molecule has 0 saturated heterocycles. The average molecular weight is 365 g/mol. The average Bonchev–Trinajstić information content (AvgIpc) is 3.01. The molecule has 1 heterocycles. The summed E-state index contributed by atoms with van der Waals surface area (Å²) in [5, 5.41) is 17.5. The molecule has 0 aliphatic rings. The normalized spacial score (nSPS) is 11.9. The Morgan fingerprint density at radius 3 is 2.62 bits per heavy atom. The molecule has 1 N–H and O–H groups in total. The Bertz CT molecular complexity index is 844. The van der Waals surface area contributed by atoms with Crippen molar-refractivity contribution in [2.24, 2.45) is 5.10 Å². The van der Waals surface area contributed by atoms with Crippen LogP contribution in [0.4, 0.5) is 5.69 Å². The molecule has 6 nitrogen and oxygen atoms in total. The summed E-state index contributed by atoms with van der Waals surface area (Å²) in [4.78, 5) is 12.3. The van der Waals surface area contributed by atoms with Gasteiger partial charge < -0.3 is 4.52 Å². The van der Waals surface area contributed by atoms with Gasteiger partial charge in [-0.25, -0.2) is 0 Å². The lowest BCUT2D eigenvalue weighted by Gasteiger charge is -2.11. The van der Waals surface area contributed by atoms with Gasteiger partial charge in [0.05, 0.1) is 10.7 Å². The predicted octanol–water partition coefficient (Wildman–Crippen LogP) is 4.45. The van der Waals surface area contributed by atoms with E-state index in [4.69, 9.17) is 33.0 Å². The summed E-state index contributed by atoms with van der Waals surface area (Å²) in [7, 11) is 0. The molecule has 0 bridgehead atoms. The number of rotatable bonds is 4. The van der Waals surface area contributed by atoms with E-state index in [2.05, 4.69) is 15.7 Å². The van der Waals surface area contributed by atoms with Gasteiger partial charge in [0.1, 0.15) is 11.8 Å². The molecule has 8 heteroatoms. The Morgan fingerprint density at radius 2 is 2.04 bits per heavy atom. The Kier molecular flexibility index (Phi) is 5.27. The summed E-state index contributed by atoms with van der Waals surface area (Å²) < 4.78 is 5.15. The topological polar surface area (TPSA) is 91.3 Å². The van der Waals surface area contributed by atoms with Gasteiger partial charge in [-0.1, -0.05) is 49.1 Å². The van der Waals surface area contributed by atoms with Crippen LogP contribution in [0.1, 0.15) is 37.0 Å². The first kappa shape index (κ1) is 18.0. The van der Waals surface area contributed by atoms with Crippen molar-refractivity contribution >= 4 is 40.4 Å². The van der Waals surface area contributed by atoms with Gasteiger partial charge in [-0.15, -0.1) is 0 Å². The molecule has 0 fully saturated rings. The molecule has 0 radical (unpaired) electrons. The lowest BCUT2D eigenvalue weighted by atomic mass is 9.93. The molecule has 0 aliphatic carbocycles. The standard InChI is InChI=1S/C16H14Cl2N4O2/c1-16(2,3)14-7-12(22-24-14)15(23)13(8-19)21-20-11-6-9(17)4-5-10(11)18/h4-7,20H,1-3H3/b21-13+. The fourth-order valence-corrected chi connectivity index (χ4v) is 2.01. The molecule has 1 aromatic carbocycles. The van der Waals surface area contributed by atoms with E-state index < -0.39 is 5.78 Å². The first-order valence-corrected chi connectivity index (χ1v) is 7.68. The van der Waals surface area contributed by atoms with Crippen LogP contribution in [0.3, 0.4) is 0 Å². The third kappa shape index (κ3) is 4.13. The first-order chi connectivity index (χ1) is 11.2. The lowest BCUT2D eigenvalue weighted by Crippen LogP contribution is -2.15. The molecular weight excluding hydrogens is 351 g/mol. The molecule has 124 valence electrons. The van der Waals surface area contributed by atoms with E-state index in [1.54, 1.807) is 18.2 Å². The second-order valence-corrected chi connectivity index (χ2v) is 6.81. The Balaban J connectivity index is 2.24. The molecule has 0 unspecified atom stereocenters. The van der Waals surface area contributed by atoms with Crippen molar-refractivity contribution in [1.29, 1.82) is 5.26 Å². The molecule has 0 spiro atoms. The number of Topliss-reactive ketones (excluding diaryl/α,β-unsaturated/α-hetero) is 1. The molecule has 24 heavy (non-hydrogen) atoms. The summed E-state index contributed by atoms with van der Waals surface area (Å²) >= 11 is 11.9. The molecule has 0 amide bonds. The maximum atomic E-state index is 12.3. The summed E-state index contributed by atoms with van der Waals surface area (Å²) in [5.41, 5.74) is 2.27. The molecule has 2 aromatic rings. The molecular formula is C16H14Cl2N4O2. The first-order valence-electron chi connectivity index (χ1n) is 6.93. The highest BCUT2D eigenvalue weighted by molar-refractivity contribution is 6.51. The highest BCUT2D eigenvalue weighted by Gasteiger charge is 2.24. The Hall–Kier alpha value is -2.36. The minimum Gasteiger partial charge on any atom is -0.360 e. The van der Waals surface area contributed by atoms with E-state index in [9.17, 15) is 4.79 Å². The molecule has 2 rings (SSSR count). The van der Waals surface area contributed by atoms with Crippen LogP contribution < -0.4 is 5.43 Å². The van der Waals surface area contributed by atoms with Crippen LogP contribution in [0.2, 0.25) is 10.0 Å². The van der Waals surface area contributed by atoms with Crippen molar-refractivity contribution in [1.82, 2.24) is 5.16 Å². The van der Waals surface area contributed by atoms with Crippen molar-refractivity contribution in [2.75, 3.05) is 5.43 Å². The van der Waals surface area contributed by atoms with Crippen LogP contribution >= 0.6 is 23.2 Å². The van der Waals surface area contributed by atoms with Gasteiger partial charge in [0.15, 0.2) is 5.69 Å². The number of carbonyl (C=O) groups is 1. The number of aromatic nitrogens is 1. The van der Waals surface area contributed by atoms with Crippen molar-refractivity contribution in [3.63, 3.8) is 0 Å². The number of benzene rings is 1. The quantitative estimate of drug-likeness (QED) is 0.491. The van der Waals surface area contributed by atoms with E-state index in [1.165, 1.54) is 12.1 Å². The minimum absolute atomic E-state index is 0.0132. The number of anilines is 1. The van der Waals surface area contributed by atoms with Gasteiger partial charge >= 0.3 is 0 Å². The number of nitrogens with zero attached hydrogens (tertiary/aromatic N) is 3. The number of carbonyl (C=O) groups excluding carboxylic acids is 1. The molecule has 0 saturated carbocycles. The summed E-state index contributed by atoms with van der Waals surface area (Å²) in [5.74, 6) is -0.114. The SMILES string of the molecule is CC(C)(C)c1cc(C(=O)/C(C#N)=N/Nc2cc(Cl)ccc2Cl)no1. The van der Waals surface area contributed by atoms with Crippen molar-refractivity contribution in [2.45, 2.75) is 26.2 Å². The van der Waals surface area contributed by atoms with E-state index in [0.717, 1.165) is 0 Å². The van der Waals surface area contributed by atoms with Gasteiger partial charge in [-0.3, -0.25) is 10.2 Å². The number of halogens is 2. The highest BCUT2D eigenvalue weighted by atomic mass is 35.5.